The van der Waals surface area contributed by atoms with Crippen LogP contribution in [0.1, 0.15) is 41.6 Å². The molecule has 2 saturated carbocycles. The molecule has 102 valence electrons. The minimum Gasteiger partial charge on any atom is -0.388 e. The smallest absolute Gasteiger partial charge is 0.254 e. The topological polar surface area (TPSA) is 32.3 Å². The van der Waals surface area contributed by atoms with Crippen LogP contribution in [0.15, 0.2) is 18.2 Å². The van der Waals surface area contributed by atoms with Gasteiger partial charge in [-0.25, -0.2) is 0 Å². The van der Waals surface area contributed by atoms with Crippen molar-refractivity contribution in [2.45, 2.75) is 38.6 Å². The molecule has 2 fully saturated rings. The van der Waals surface area contributed by atoms with Crippen molar-refractivity contribution in [3.8, 4) is 0 Å². The molecular weight excluding hydrogens is 236 g/mol. The summed E-state index contributed by atoms with van der Waals surface area (Å²) in [6.45, 7) is 3.02. The van der Waals surface area contributed by atoms with E-state index in [0.717, 1.165) is 29.3 Å². The molecule has 0 saturated heterocycles. The first kappa shape index (κ1) is 12.5. The van der Waals surface area contributed by atoms with Crippen LogP contribution in [0.4, 0.5) is 5.69 Å². The van der Waals surface area contributed by atoms with Crippen molar-refractivity contribution in [1.82, 2.24) is 4.90 Å². The number of aryl methyl sites for hydroxylation is 1. The summed E-state index contributed by atoms with van der Waals surface area (Å²) in [5.74, 6) is 0.988. The lowest BCUT2D eigenvalue weighted by molar-refractivity contribution is 0.0734. The SMILES string of the molecule is CNc1ccc(C(=O)N(CC2CC2)C2CC2)cc1C. The Kier molecular flexibility index (Phi) is 3.21. The molecule has 0 spiro atoms. The Morgan fingerprint density at radius 3 is 2.58 bits per heavy atom. The zero-order valence-electron chi connectivity index (χ0n) is 11.8. The molecular formula is C16H22N2O. The fourth-order valence-electron chi connectivity index (χ4n) is 2.61. The molecule has 1 N–H and O–H groups in total. The zero-order chi connectivity index (χ0) is 13.4. The lowest BCUT2D eigenvalue weighted by Crippen LogP contribution is -2.34. The molecule has 1 amide bonds. The van der Waals surface area contributed by atoms with Gasteiger partial charge in [0.25, 0.3) is 5.91 Å². The molecule has 0 atom stereocenters. The molecule has 1 aromatic rings. The summed E-state index contributed by atoms with van der Waals surface area (Å²) in [5.41, 5.74) is 3.07. The van der Waals surface area contributed by atoms with Crippen molar-refractivity contribution < 1.29 is 4.79 Å². The Bertz CT molecular complexity index is 490. The predicted molar refractivity (Wildman–Crippen MR) is 77.5 cm³/mol. The summed E-state index contributed by atoms with van der Waals surface area (Å²) in [7, 11) is 1.91. The van der Waals surface area contributed by atoms with Gasteiger partial charge in [-0.15, -0.1) is 0 Å². The quantitative estimate of drug-likeness (QED) is 0.880. The van der Waals surface area contributed by atoms with Gasteiger partial charge in [-0.2, -0.15) is 0 Å². The summed E-state index contributed by atoms with van der Waals surface area (Å²) in [6, 6.07) is 6.47. The van der Waals surface area contributed by atoms with Gasteiger partial charge in [-0.1, -0.05) is 0 Å². The Hall–Kier alpha value is -1.51. The number of nitrogens with one attached hydrogen (secondary N) is 1. The molecule has 3 nitrogen and oxygen atoms in total. The maximum Gasteiger partial charge on any atom is 0.254 e. The maximum atomic E-state index is 12.6. The van der Waals surface area contributed by atoms with Crippen molar-refractivity contribution in [3.05, 3.63) is 29.3 Å². The van der Waals surface area contributed by atoms with Crippen LogP contribution < -0.4 is 5.32 Å². The zero-order valence-corrected chi connectivity index (χ0v) is 11.8. The third-order valence-electron chi connectivity index (χ3n) is 4.14. The van der Waals surface area contributed by atoms with Gasteiger partial charge in [0.2, 0.25) is 0 Å². The van der Waals surface area contributed by atoms with Crippen LogP contribution >= 0.6 is 0 Å². The number of carbonyl (C=O) groups is 1. The molecule has 0 radical (unpaired) electrons. The molecule has 0 unspecified atom stereocenters. The average Bonchev–Trinajstić information content (AvgIpc) is 3.27. The van der Waals surface area contributed by atoms with Crippen LogP contribution in [-0.2, 0) is 0 Å². The second-order valence-corrected chi connectivity index (χ2v) is 5.91. The van der Waals surface area contributed by atoms with E-state index in [1.165, 1.54) is 25.7 Å². The first-order valence-electron chi connectivity index (χ1n) is 7.28. The first-order valence-corrected chi connectivity index (χ1v) is 7.28. The van der Waals surface area contributed by atoms with Crippen LogP contribution in [-0.4, -0.2) is 30.4 Å². The number of nitrogens with zero attached hydrogens (tertiary/aromatic N) is 1. The summed E-state index contributed by atoms with van der Waals surface area (Å²) >= 11 is 0. The molecule has 2 aliphatic carbocycles. The van der Waals surface area contributed by atoms with Crippen LogP contribution in [0.3, 0.4) is 0 Å². The highest BCUT2D eigenvalue weighted by atomic mass is 16.2. The van der Waals surface area contributed by atoms with Crippen molar-refractivity contribution in [2.75, 3.05) is 18.9 Å². The van der Waals surface area contributed by atoms with Gasteiger partial charge < -0.3 is 10.2 Å². The highest BCUT2D eigenvalue weighted by Crippen LogP contribution is 2.35. The highest BCUT2D eigenvalue weighted by molar-refractivity contribution is 5.95. The predicted octanol–water partition coefficient (Wildman–Crippen LogP) is 3.05. The van der Waals surface area contributed by atoms with Gasteiger partial charge >= 0.3 is 0 Å². The lowest BCUT2D eigenvalue weighted by Gasteiger charge is -2.23. The standard InChI is InChI=1S/C16H22N2O/c1-11-9-13(5-8-15(11)17-2)16(19)18(14-6-7-14)10-12-3-4-12/h5,8-9,12,14,17H,3-4,6-7,10H2,1-2H3. The third-order valence-corrected chi connectivity index (χ3v) is 4.14. The van der Waals surface area contributed by atoms with E-state index in [9.17, 15) is 4.79 Å². The van der Waals surface area contributed by atoms with E-state index in [0.29, 0.717) is 6.04 Å². The van der Waals surface area contributed by atoms with Gasteiger partial charge in [0.15, 0.2) is 0 Å². The number of carbonyl (C=O) groups excluding carboxylic acids is 1. The van der Waals surface area contributed by atoms with Crippen molar-refractivity contribution >= 4 is 11.6 Å². The van der Waals surface area contributed by atoms with Gasteiger partial charge in [0, 0.05) is 30.9 Å². The minimum absolute atomic E-state index is 0.222. The molecule has 3 rings (SSSR count). The van der Waals surface area contributed by atoms with E-state index in [-0.39, 0.29) is 5.91 Å². The summed E-state index contributed by atoms with van der Waals surface area (Å²) in [4.78, 5) is 14.8. The molecule has 0 heterocycles. The Labute approximate surface area is 115 Å². The van der Waals surface area contributed by atoms with Crippen LogP contribution in [0.5, 0.6) is 0 Å². The number of hydrogen-bond donors (Lipinski definition) is 1. The second-order valence-electron chi connectivity index (χ2n) is 5.91. The van der Waals surface area contributed by atoms with E-state index >= 15 is 0 Å². The van der Waals surface area contributed by atoms with Crippen molar-refractivity contribution in [3.63, 3.8) is 0 Å². The highest BCUT2D eigenvalue weighted by Gasteiger charge is 2.36. The Morgan fingerprint density at radius 1 is 1.32 bits per heavy atom. The number of benzene rings is 1. The monoisotopic (exact) mass is 258 g/mol. The molecule has 3 heteroatoms. The van der Waals surface area contributed by atoms with Gasteiger partial charge in [0.05, 0.1) is 0 Å². The van der Waals surface area contributed by atoms with E-state index in [1.807, 2.05) is 32.2 Å². The van der Waals surface area contributed by atoms with Crippen LogP contribution in [0.2, 0.25) is 0 Å². The summed E-state index contributed by atoms with van der Waals surface area (Å²) in [6.07, 6.45) is 4.97. The summed E-state index contributed by atoms with van der Waals surface area (Å²) < 4.78 is 0. The molecule has 0 bridgehead atoms. The number of hydrogen-bond acceptors (Lipinski definition) is 2. The Balaban J connectivity index is 1.78. The van der Waals surface area contributed by atoms with E-state index in [1.54, 1.807) is 0 Å². The molecule has 0 aliphatic heterocycles. The fraction of sp³-hybridized carbons (Fsp3) is 0.562. The van der Waals surface area contributed by atoms with Gasteiger partial charge in [-0.05, 0) is 62.3 Å². The average molecular weight is 258 g/mol. The van der Waals surface area contributed by atoms with E-state index in [2.05, 4.69) is 10.2 Å². The number of amides is 1. The van der Waals surface area contributed by atoms with E-state index in [4.69, 9.17) is 0 Å². The Morgan fingerprint density at radius 2 is 2.05 bits per heavy atom. The molecule has 19 heavy (non-hydrogen) atoms. The molecule has 1 aromatic carbocycles. The molecule has 2 aliphatic rings. The third kappa shape index (κ3) is 2.75. The minimum atomic E-state index is 0.222. The lowest BCUT2D eigenvalue weighted by atomic mass is 10.1. The largest absolute Gasteiger partial charge is 0.388 e. The maximum absolute atomic E-state index is 12.6. The van der Waals surface area contributed by atoms with Crippen molar-refractivity contribution in [1.29, 1.82) is 0 Å². The van der Waals surface area contributed by atoms with Gasteiger partial charge in [0.1, 0.15) is 0 Å². The van der Waals surface area contributed by atoms with E-state index < -0.39 is 0 Å². The summed E-state index contributed by atoms with van der Waals surface area (Å²) in [5, 5.41) is 3.14. The number of rotatable bonds is 5. The molecule has 0 aromatic heterocycles. The van der Waals surface area contributed by atoms with Gasteiger partial charge in [-0.3, -0.25) is 4.79 Å². The van der Waals surface area contributed by atoms with Crippen molar-refractivity contribution in [2.24, 2.45) is 5.92 Å². The normalized spacial score (nSPS) is 18.2. The fourth-order valence-corrected chi connectivity index (χ4v) is 2.61. The van der Waals surface area contributed by atoms with Crippen LogP contribution in [0.25, 0.3) is 0 Å². The number of anilines is 1. The van der Waals surface area contributed by atoms with Crippen LogP contribution in [0, 0.1) is 12.8 Å². The first-order chi connectivity index (χ1) is 9.19. The second kappa shape index (κ2) is 4.87.